The zero-order valence-electron chi connectivity index (χ0n) is 25.8. The fourth-order valence-electron chi connectivity index (χ4n) is 9.86. The van der Waals surface area contributed by atoms with Crippen molar-refractivity contribution in [3.63, 3.8) is 0 Å². The maximum Gasteiger partial charge on any atom is 0.320 e. The quantitative estimate of drug-likeness (QED) is 0.168. The maximum atomic E-state index is 12.6. The lowest BCUT2D eigenvalue weighted by Gasteiger charge is -2.63. The number of carboxylic acid groups (broad SMARTS) is 1. The van der Waals surface area contributed by atoms with Gasteiger partial charge in [-0.05, 0) is 117 Å². The van der Waals surface area contributed by atoms with Gasteiger partial charge < -0.3 is 36.8 Å². The number of aliphatic hydroxyl groups is 3. The standard InChI is InChI=1S/C32H55N3O7/c1-18(7-10-27(39)35-17-28(40)34-13-5-4-6-24(33)30(41)42)21-8-9-22-29-23(16-26(38)32(21,22)3)31(2)12-11-20(36)14-19(31)15-25(29)37/h18-26,29,36-38H,4-17,33H2,1-3H3,(H,34,40)(H,35,39)(H,41,42). The minimum Gasteiger partial charge on any atom is -0.480 e. The van der Waals surface area contributed by atoms with E-state index in [2.05, 4.69) is 31.4 Å². The Morgan fingerprint density at radius 1 is 0.929 bits per heavy atom. The lowest BCUT2D eigenvalue weighted by molar-refractivity contribution is -0.207. The third kappa shape index (κ3) is 6.66. The summed E-state index contributed by atoms with van der Waals surface area (Å²) in [5.41, 5.74) is 5.22. The summed E-state index contributed by atoms with van der Waals surface area (Å²) in [4.78, 5) is 35.4. The van der Waals surface area contributed by atoms with Crippen molar-refractivity contribution in [3.8, 4) is 0 Å². The van der Waals surface area contributed by atoms with Crippen LogP contribution in [0.25, 0.3) is 0 Å². The Balaban J connectivity index is 1.25. The molecule has 0 aromatic carbocycles. The predicted octanol–water partition coefficient (Wildman–Crippen LogP) is 2.18. The van der Waals surface area contributed by atoms with E-state index in [1.54, 1.807) is 0 Å². The molecular weight excluding hydrogens is 538 g/mol. The molecule has 0 aliphatic heterocycles. The molecular formula is C32H55N3O7. The average molecular weight is 594 g/mol. The summed E-state index contributed by atoms with van der Waals surface area (Å²) in [6, 6.07) is -0.888. The molecule has 4 aliphatic carbocycles. The van der Waals surface area contributed by atoms with Crippen LogP contribution in [0.1, 0.15) is 97.8 Å². The number of hydrogen-bond donors (Lipinski definition) is 7. The van der Waals surface area contributed by atoms with Crippen LogP contribution >= 0.6 is 0 Å². The molecule has 8 N–H and O–H groups in total. The first kappa shape index (κ1) is 33.1. The molecule has 0 heterocycles. The van der Waals surface area contributed by atoms with Crippen LogP contribution in [0.15, 0.2) is 0 Å². The fraction of sp³-hybridized carbons (Fsp3) is 0.906. The van der Waals surface area contributed by atoms with Gasteiger partial charge in [-0.3, -0.25) is 14.4 Å². The highest BCUT2D eigenvalue weighted by Crippen LogP contribution is 2.68. The molecule has 0 radical (unpaired) electrons. The van der Waals surface area contributed by atoms with Gasteiger partial charge in [-0.25, -0.2) is 0 Å². The minimum absolute atomic E-state index is 0.0490. The summed E-state index contributed by atoms with van der Waals surface area (Å²) >= 11 is 0. The van der Waals surface area contributed by atoms with E-state index in [9.17, 15) is 29.7 Å². The van der Waals surface area contributed by atoms with E-state index in [0.717, 1.165) is 38.5 Å². The molecule has 4 aliphatic rings. The maximum absolute atomic E-state index is 12.6. The Bertz CT molecular complexity index is 980. The smallest absolute Gasteiger partial charge is 0.320 e. The van der Waals surface area contributed by atoms with Crippen LogP contribution in [0, 0.1) is 46.3 Å². The Hall–Kier alpha value is -1.75. The molecule has 0 bridgehead atoms. The number of unbranched alkanes of at least 4 members (excludes halogenated alkanes) is 1. The van der Waals surface area contributed by atoms with Crippen molar-refractivity contribution in [1.29, 1.82) is 0 Å². The summed E-state index contributed by atoms with van der Waals surface area (Å²) in [7, 11) is 0. The van der Waals surface area contributed by atoms with Gasteiger partial charge in [0, 0.05) is 13.0 Å². The van der Waals surface area contributed by atoms with Gasteiger partial charge in [-0.2, -0.15) is 0 Å². The van der Waals surface area contributed by atoms with Crippen molar-refractivity contribution < 1.29 is 34.8 Å². The number of nitrogens with two attached hydrogens (primary N) is 1. The molecule has 10 heteroatoms. The molecule has 12 unspecified atom stereocenters. The van der Waals surface area contributed by atoms with Crippen molar-refractivity contribution in [2.45, 2.75) is 122 Å². The molecule has 0 spiro atoms. The van der Waals surface area contributed by atoms with E-state index in [1.807, 2.05) is 0 Å². The summed E-state index contributed by atoms with van der Waals surface area (Å²) in [5.74, 6) is -0.0221. The Morgan fingerprint density at radius 2 is 1.67 bits per heavy atom. The molecule has 10 nitrogen and oxygen atoms in total. The second kappa shape index (κ2) is 13.5. The monoisotopic (exact) mass is 593 g/mol. The van der Waals surface area contributed by atoms with Crippen LogP contribution in [-0.2, 0) is 14.4 Å². The summed E-state index contributed by atoms with van der Waals surface area (Å²) in [6.45, 7) is 7.04. The number of aliphatic carboxylic acids is 1. The lowest BCUT2D eigenvalue weighted by Crippen LogP contribution is -2.62. The molecule has 4 saturated carbocycles. The van der Waals surface area contributed by atoms with Gasteiger partial charge in [0.15, 0.2) is 0 Å². The highest BCUT2D eigenvalue weighted by molar-refractivity contribution is 5.84. The Labute approximate surface area is 250 Å². The molecule has 12 atom stereocenters. The predicted molar refractivity (Wildman–Crippen MR) is 158 cm³/mol. The van der Waals surface area contributed by atoms with Crippen LogP contribution in [-0.4, -0.2) is 75.7 Å². The first-order valence-corrected chi connectivity index (χ1v) is 16.3. The first-order chi connectivity index (χ1) is 19.8. The van der Waals surface area contributed by atoms with E-state index in [1.165, 1.54) is 0 Å². The van der Waals surface area contributed by atoms with Crippen LogP contribution < -0.4 is 16.4 Å². The van der Waals surface area contributed by atoms with E-state index >= 15 is 0 Å². The number of rotatable bonds is 12. The summed E-state index contributed by atoms with van der Waals surface area (Å²) < 4.78 is 0. The molecule has 0 aromatic rings. The Kier molecular flexibility index (Phi) is 10.6. The summed E-state index contributed by atoms with van der Waals surface area (Å²) in [5, 5.41) is 47.7. The van der Waals surface area contributed by atoms with E-state index in [-0.39, 0.29) is 64.9 Å². The van der Waals surface area contributed by atoms with E-state index in [4.69, 9.17) is 10.8 Å². The molecule has 0 aromatic heterocycles. The Morgan fingerprint density at radius 3 is 2.38 bits per heavy atom. The number of carbonyl (C=O) groups excluding carboxylic acids is 2. The van der Waals surface area contributed by atoms with Crippen molar-refractivity contribution >= 4 is 17.8 Å². The largest absolute Gasteiger partial charge is 0.480 e. The number of nitrogens with one attached hydrogen (secondary N) is 2. The zero-order valence-corrected chi connectivity index (χ0v) is 25.8. The van der Waals surface area contributed by atoms with Gasteiger partial charge in [-0.1, -0.05) is 20.8 Å². The SMILES string of the molecule is CC(CCC(=O)NCC(=O)NCCCCC(N)C(=O)O)C1CCC2C3C(O)CC4CC(O)CCC4(C)C3CC(O)C12C. The van der Waals surface area contributed by atoms with Crippen molar-refractivity contribution in [1.82, 2.24) is 10.6 Å². The number of aliphatic hydroxyl groups excluding tert-OH is 3. The number of amides is 2. The van der Waals surface area contributed by atoms with E-state index in [0.29, 0.717) is 51.0 Å². The average Bonchev–Trinajstić information content (AvgIpc) is 3.30. The molecule has 2 amide bonds. The molecule has 4 rings (SSSR count). The van der Waals surface area contributed by atoms with Crippen LogP contribution in [0.4, 0.5) is 0 Å². The van der Waals surface area contributed by atoms with Crippen LogP contribution in [0.2, 0.25) is 0 Å². The number of carboxylic acids is 1. The van der Waals surface area contributed by atoms with Gasteiger partial charge in [-0.15, -0.1) is 0 Å². The van der Waals surface area contributed by atoms with Crippen molar-refractivity contribution in [3.05, 3.63) is 0 Å². The second-order valence-electron chi connectivity index (χ2n) is 14.6. The topological polar surface area (TPSA) is 182 Å². The molecule has 0 saturated heterocycles. The van der Waals surface area contributed by atoms with Crippen molar-refractivity contribution in [2.75, 3.05) is 13.1 Å². The molecule has 4 fully saturated rings. The van der Waals surface area contributed by atoms with Gasteiger partial charge in [0.05, 0.1) is 24.9 Å². The lowest BCUT2D eigenvalue weighted by atomic mass is 9.43. The minimum atomic E-state index is -1.03. The van der Waals surface area contributed by atoms with Gasteiger partial charge in [0.25, 0.3) is 0 Å². The van der Waals surface area contributed by atoms with E-state index < -0.39 is 24.2 Å². The first-order valence-electron chi connectivity index (χ1n) is 16.3. The fourth-order valence-corrected chi connectivity index (χ4v) is 9.86. The summed E-state index contributed by atoms with van der Waals surface area (Å²) in [6.07, 6.45) is 7.33. The third-order valence-electron chi connectivity index (χ3n) is 12.4. The normalized spacial score (nSPS) is 40.6. The van der Waals surface area contributed by atoms with Gasteiger partial charge in [0.1, 0.15) is 6.04 Å². The highest BCUT2D eigenvalue weighted by Gasteiger charge is 2.65. The molecule has 42 heavy (non-hydrogen) atoms. The van der Waals surface area contributed by atoms with Gasteiger partial charge >= 0.3 is 5.97 Å². The van der Waals surface area contributed by atoms with Gasteiger partial charge in [0.2, 0.25) is 11.8 Å². The van der Waals surface area contributed by atoms with Crippen molar-refractivity contribution in [2.24, 2.45) is 52.1 Å². The number of hydrogen-bond acceptors (Lipinski definition) is 7. The molecule has 240 valence electrons. The number of fused-ring (bicyclic) bond motifs is 5. The highest BCUT2D eigenvalue weighted by atomic mass is 16.4. The third-order valence-corrected chi connectivity index (χ3v) is 12.4. The second-order valence-corrected chi connectivity index (χ2v) is 14.6. The van der Waals surface area contributed by atoms with Crippen LogP contribution in [0.3, 0.4) is 0 Å². The zero-order chi connectivity index (χ0) is 30.8. The van der Waals surface area contributed by atoms with Crippen LogP contribution in [0.5, 0.6) is 0 Å². The number of carbonyl (C=O) groups is 3.